The largest absolute Gasteiger partial charge is 0.271 e. The van der Waals surface area contributed by atoms with Gasteiger partial charge in [0.1, 0.15) is 6.04 Å². The molecule has 3 N–H and O–H groups in total. The summed E-state index contributed by atoms with van der Waals surface area (Å²) in [5.74, 6) is -0.155. The van der Waals surface area contributed by atoms with Crippen molar-refractivity contribution in [1.82, 2.24) is 16.3 Å². The predicted molar refractivity (Wildman–Crippen MR) is 85.1 cm³/mol. The summed E-state index contributed by atoms with van der Waals surface area (Å²) in [4.78, 5) is 12.0. The van der Waals surface area contributed by atoms with Crippen molar-refractivity contribution >= 4 is 23.7 Å². The summed E-state index contributed by atoms with van der Waals surface area (Å²) in [5.41, 5.74) is 9.58. The van der Waals surface area contributed by atoms with Gasteiger partial charge in [0, 0.05) is 16.6 Å². The standard InChI is InChI=1S/C15H21ClN4O/c1-15(2,3)13-8-12(18-19-13)14(21)20-17-9-10-6-4-5-7-11(10)16/h4-7,9,12-13,18-19H,8H2,1-3H3,(H,20,21)/b17-9+. The molecule has 0 spiro atoms. The number of hydrazine groups is 1. The lowest BCUT2D eigenvalue weighted by atomic mass is 9.84. The number of halogens is 1. The van der Waals surface area contributed by atoms with Crippen LogP contribution in [-0.4, -0.2) is 24.2 Å². The molecule has 0 aromatic heterocycles. The third kappa shape index (κ3) is 4.27. The molecule has 1 fully saturated rings. The third-order valence-electron chi connectivity index (χ3n) is 3.55. The zero-order chi connectivity index (χ0) is 15.5. The molecule has 1 aliphatic heterocycles. The van der Waals surface area contributed by atoms with E-state index < -0.39 is 0 Å². The van der Waals surface area contributed by atoms with Gasteiger partial charge in [0.05, 0.1) is 6.21 Å². The molecular formula is C15H21ClN4O. The maximum absolute atomic E-state index is 12.0. The Kier molecular flexibility index (Phi) is 4.98. The summed E-state index contributed by atoms with van der Waals surface area (Å²) in [7, 11) is 0. The molecule has 0 radical (unpaired) electrons. The van der Waals surface area contributed by atoms with E-state index in [1.807, 2.05) is 18.2 Å². The van der Waals surface area contributed by atoms with Gasteiger partial charge in [-0.25, -0.2) is 10.9 Å². The van der Waals surface area contributed by atoms with Crippen LogP contribution < -0.4 is 16.3 Å². The van der Waals surface area contributed by atoms with Gasteiger partial charge >= 0.3 is 0 Å². The number of nitrogens with one attached hydrogen (secondary N) is 3. The number of nitrogens with zero attached hydrogens (tertiary/aromatic N) is 1. The fourth-order valence-electron chi connectivity index (χ4n) is 2.12. The quantitative estimate of drug-likeness (QED) is 0.591. The predicted octanol–water partition coefficient (Wildman–Crippen LogP) is 2.07. The first-order valence-electron chi connectivity index (χ1n) is 6.96. The molecule has 6 heteroatoms. The highest BCUT2D eigenvalue weighted by Gasteiger charge is 2.35. The fourth-order valence-corrected chi connectivity index (χ4v) is 2.31. The molecule has 1 aliphatic rings. The molecule has 2 rings (SSSR count). The summed E-state index contributed by atoms with van der Waals surface area (Å²) in [6.45, 7) is 6.42. The summed E-state index contributed by atoms with van der Waals surface area (Å²) in [6.07, 6.45) is 2.28. The average molecular weight is 309 g/mol. The van der Waals surface area contributed by atoms with Gasteiger partial charge in [0.15, 0.2) is 0 Å². The highest BCUT2D eigenvalue weighted by Crippen LogP contribution is 2.25. The Labute approximate surface area is 130 Å². The van der Waals surface area contributed by atoms with E-state index in [0.717, 1.165) is 12.0 Å². The van der Waals surface area contributed by atoms with Crippen molar-refractivity contribution in [2.24, 2.45) is 10.5 Å². The monoisotopic (exact) mass is 308 g/mol. The van der Waals surface area contributed by atoms with Gasteiger partial charge < -0.3 is 0 Å². The van der Waals surface area contributed by atoms with Crippen molar-refractivity contribution in [2.45, 2.75) is 39.3 Å². The van der Waals surface area contributed by atoms with Gasteiger partial charge in [-0.1, -0.05) is 50.6 Å². The Balaban J connectivity index is 1.87. The summed E-state index contributed by atoms with van der Waals surface area (Å²) in [5, 5.41) is 4.56. The van der Waals surface area contributed by atoms with E-state index in [1.165, 1.54) is 0 Å². The molecule has 0 saturated carbocycles. The molecule has 1 aromatic carbocycles. The first-order chi connectivity index (χ1) is 9.88. The zero-order valence-corrected chi connectivity index (χ0v) is 13.2. The normalized spacial score (nSPS) is 22.7. The Morgan fingerprint density at radius 3 is 2.71 bits per heavy atom. The second kappa shape index (κ2) is 6.56. The lowest BCUT2D eigenvalue weighted by Gasteiger charge is -2.25. The minimum atomic E-state index is -0.280. The average Bonchev–Trinajstić information content (AvgIpc) is 2.90. The zero-order valence-electron chi connectivity index (χ0n) is 12.5. The Bertz CT molecular complexity index is 539. The Hall–Kier alpha value is -1.43. The molecule has 0 aliphatic carbocycles. The van der Waals surface area contributed by atoms with Crippen LogP contribution in [0.4, 0.5) is 0 Å². The van der Waals surface area contributed by atoms with Crippen molar-refractivity contribution in [3.8, 4) is 0 Å². The molecule has 1 aromatic rings. The van der Waals surface area contributed by atoms with Crippen LogP contribution in [0.15, 0.2) is 29.4 Å². The molecule has 2 unspecified atom stereocenters. The van der Waals surface area contributed by atoms with Crippen molar-refractivity contribution in [2.75, 3.05) is 0 Å². The third-order valence-corrected chi connectivity index (χ3v) is 3.89. The molecular weight excluding hydrogens is 288 g/mol. The van der Waals surface area contributed by atoms with Crippen LogP contribution in [-0.2, 0) is 4.79 Å². The van der Waals surface area contributed by atoms with Crippen molar-refractivity contribution in [1.29, 1.82) is 0 Å². The van der Waals surface area contributed by atoms with Crippen LogP contribution in [0.1, 0.15) is 32.8 Å². The van der Waals surface area contributed by atoms with E-state index in [-0.39, 0.29) is 23.4 Å². The van der Waals surface area contributed by atoms with Crippen molar-refractivity contribution in [3.63, 3.8) is 0 Å². The number of hydrogen-bond donors (Lipinski definition) is 3. The lowest BCUT2D eigenvalue weighted by Crippen LogP contribution is -2.43. The summed E-state index contributed by atoms with van der Waals surface area (Å²) in [6, 6.07) is 7.30. The van der Waals surface area contributed by atoms with Crippen LogP contribution in [0.2, 0.25) is 5.02 Å². The molecule has 1 saturated heterocycles. The fraction of sp³-hybridized carbons (Fsp3) is 0.467. The lowest BCUT2D eigenvalue weighted by molar-refractivity contribution is -0.122. The van der Waals surface area contributed by atoms with E-state index in [0.29, 0.717) is 5.02 Å². The molecule has 21 heavy (non-hydrogen) atoms. The summed E-state index contributed by atoms with van der Waals surface area (Å²) < 4.78 is 0. The number of carbonyl (C=O) groups excluding carboxylic acids is 1. The van der Waals surface area contributed by atoms with E-state index in [1.54, 1.807) is 12.3 Å². The molecule has 114 valence electrons. The van der Waals surface area contributed by atoms with Gasteiger partial charge in [-0.15, -0.1) is 0 Å². The SMILES string of the molecule is CC(C)(C)C1CC(C(=O)N/N=C/c2ccccc2Cl)NN1. The van der Waals surface area contributed by atoms with Crippen molar-refractivity contribution in [3.05, 3.63) is 34.9 Å². The second-order valence-electron chi connectivity index (χ2n) is 6.25. The van der Waals surface area contributed by atoms with Crippen LogP contribution in [0.25, 0.3) is 0 Å². The van der Waals surface area contributed by atoms with E-state index in [2.05, 4.69) is 42.1 Å². The van der Waals surface area contributed by atoms with Gasteiger partial charge in [0.25, 0.3) is 5.91 Å². The topological polar surface area (TPSA) is 65.5 Å². The number of rotatable bonds is 3. The molecule has 1 heterocycles. The Morgan fingerprint density at radius 2 is 2.10 bits per heavy atom. The van der Waals surface area contributed by atoms with Crippen LogP contribution in [0.3, 0.4) is 0 Å². The molecule has 1 amide bonds. The number of benzene rings is 1. The Morgan fingerprint density at radius 1 is 1.38 bits per heavy atom. The first-order valence-corrected chi connectivity index (χ1v) is 7.34. The van der Waals surface area contributed by atoms with E-state index >= 15 is 0 Å². The van der Waals surface area contributed by atoms with E-state index in [9.17, 15) is 4.79 Å². The van der Waals surface area contributed by atoms with Crippen LogP contribution >= 0.6 is 11.6 Å². The van der Waals surface area contributed by atoms with Gasteiger partial charge in [0.2, 0.25) is 0 Å². The number of hydrogen-bond acceptors (Lipinski definition) is 4. The van der Waals surface area contributed by atoms with Crippen LogP contribution in [0, 0.1) is 5.41 Å². The molecule has 5 nitrogen and oxygen atoms in total. The van der Waals surface area contributed by atoms with Crippen molar-refractivity contribution < 1.29 is 4.79 Å². The minimum absolute atomic E-state index is 0.100. The van der Waals surface area contributed by atoms with Crippen LogP contribution in [0.5, 0.6) is 0 Å². The van der Waals surface area contributed by atoms with Gasteiger partial charge in [-0.3, -0.25) is 10.2 Å². The van der Waals surface area contributed by atoms with Gasteiger partial charge in [-0.05, 0) is 17.9 Å². The smallest absolute Gasteiger partial charge is 0.258 e. The second-order valence-corrected chi connectivity index (χ2v) is 6.66. The highest BCUT2D eigenvalue weighted by molar-refractivity contribution is 6.33. The molecule has 2 atom stereocenters. The number of amides is 1. The first kappa shape index (κ1) is 15.9. The van der Waals surface area contributed by atoms with Gasteiger partial charge in [-0.2, -0.15) is 5.10 Å². The maximum Gasteiger partial charge on any atom is 0.258 e. The maximum atomic E-state index is 12.0. The molecule has 0 bridgehead atoms. The number of carbonyl (C=O) groups is 1. The number of hydrazone groups is 1. The van der Waals surface area contributed by atoms with E-state index in [4.69, 9.17) is 11.6 Å². The highest BCUT2D eigenvalue weighted by atomic mass is 35.5. The summed E-state index contributed by atoms with van der Waals surface area (Å²) >= 11 is 6.01. The minimum Gasteiger partial charge on any atom is -0.271 e.